The van der Waals surface area contributed by atoms with Crippen molar-refractivity contribution in [3.05, 3.63) is 47.8 Å². The van der Waals surface area contributed by atoms with Crippen LogP contribution in [0.3, 0.4) is 0 Å². The minimum absolute atomic E-state index is 0.00885. The number of hydrogen-bond donors (Lipinski definition) is 0. The Hall–Kier alpha value is -2.75. The molecule has 1 amide bonds. The first kappa shape index (κ1) is 13.7. The van der Waals surface area contributed by atoms with Crippen LogP contribution in [-0.2, 0) is 17.9 Å². The molecule has 0 spiro atoms. The summed E-state index contributed by atoms with van der Waals surface area (Å²) in [6.45, 7) is 0.130. The first-order chi connectivity index (χ1) is 9.60. The zero-order valence-corrected chi connectivity index (χ0v) is 10.8. The number of amides is 1. The van der Waals surface area contributed by atoms with Crippen LogP contribution in [0.4, 0.5) is 4.39 Å². The lowest BCUT2D eigenvalue weighted by molar-refractivity contribution is -0.131. The third kappa shape index (κ3) is 3.17. The molecule has 6 nitrogen and oxygen atoms in total. The van der Waals surface area contributed by atoms with Gasteiger partial charge in [0.2, 0.25) is 5.91 Å². The van der Waals surface area contributed by atoms with Crippen molar-refractivity contribution in [3.63, 3.8) is 0 Å². The van der Waals surface area contributed by atoms with Crippen molar-refractivity contribution < 1.29 is 9.18 Å². The summed E-state index contributed by atoms with van der Waals surface area (Å²) >= 11 is 0. The number of benzene rings is 1. The predicted octanol–water partition coefficient (Wildman–Crippen LogP) is 0.947. The molecule has 20 heavy (non-hydrogen) atoms. The van der Waals surface area contributed by atoms with E-state index in [4.69, 9.17) is 5.26 Å². The van der Waals surface area contributed by atoms with Gasteiger partial charge in [0.1, 0.15) is 24.8 Å². The van der Waals surface area contributed by atoms with Gasteiger partial charge in [-0.25, -0.2) is 14.1 Å². The lowest BCUT2D eigenvalue weighted by Gasteiger charge is -2.17. The van der Waals surface area contributed by atoms with Gasteiger partial charge in [0.15, 0.2) is 0 Å². The van der Waals surface area contributed by atoms with Crippen LogP contribution in [0.5, 0.6) is 0 Å². The second-order valence-electron chi connectivity index (χ2n) is 4.22. The number of nitriles is 1. The summed E-state index contributed by atoms with van der Waals surface area (Å²) in [7, 11) is 1.58. The molecule has 0 radical (unpaired) electrons. The van der Waals surface area contributed by atoms with E-state index in [9.17, 15) is 9.18 Å². The molecule has 1 heterocycles. The lowest BCUT2D eigenvalue weighted by atomic mass is 10.2. The van der Waals surface area contributed by atoms with Crippen LogP contribution in [0.2, 0.25) is 0 Å². The zero-order chi connectivity index (χ0) is 14.5. The number of halogens is 1. The third-order valence-electron chi connectivity index (χ3n) is 2.72. The number of hydrogen-bond acceptors (Lipinski definition) is 4. The molecule has 1 aromatic heterocycles. The van der Waals surface area contributed by atoms with E-state index >= 15 is 0 Å². The van der Waals surface area contributed by atoms with Crippen molar-refractivity contribution in [2.24, 2.45) is 0 Å². The van der Waals surface area contributed by atoms with Gasteiger partial charge in [0.25, 0.3) is 5.82 Å². The quantitative estimate of drug-likeness (QED) is 0.831. The molecule has 0 saturated carbocycles. The van der Waals surface area contributed by atoms with Crippen molar-refractivity contribution in [2.75, 3.05) is 7.05 Å². The van der Waals surface area contributed by atoms with Gasteiger partial charge in [-0.2, -0.15) is 5.26 Å². The molecule has 0 saturated heterocycles. The maximum Gasteiger partial charge on any atom is 0.252 e. The maximum absolute atomic E-state index is 13.5. The normalized spacial score (nSPS) is 10.1. The summed E-state index contributed by atoms with van der Waals surface area (Å²) in [5.74, 6) is -0.586. The SMILES string of the molecule is CN(Cc1ccccc1F)C(=O)Cn1cnc(C#N)n1. The van der Waals surface area contributed by atoms with Crippen LogP contribution >= 0.6 is 0 Å². The van der Waals surface area contributed by atoms with Gasteiger partial charge in [-0.1, -0.05) is 18.2 Å². The molecule has 0 aliphatic carbocycles. The second kappa shape index (κ2) is 5.93. The Labute approximate surface area is 115 Å². The molecule has 2 rings (SSSR count). The van der Waals surface area contributed by atoms with Gasteiger partial charge in [-0.05, 0) is 6.07 Å². The number of likely N-dealkylation sites (N-methyl/N-ethyl adjacent to an activating group) is 1. The van der Waals surface area contributed by atoms with Crippen LogP contribution in [-0.4, -0.2) is 32.6 Å². The van der Waals surface area contributed by atoms with E-state index in [1.165, 1.54) is 22.0 Å². The van der Waals surface area contributed by atoms with E-state index in [1.54, 1.807) is 31.3 Å². The van der Waals surface area contributed by atoms with Crippen molar-refractivity contribution in [3.8, 4) is 6.07 Å². The van der Waals surface area contributed by atoms with Crippen LogP contribution in [0.1, 0.15) is 11.4 Å². The summed E-state index contributed by atoms with van der Waals surface area (Å²) in [4.78, 5) is 17.1. The molecule has 0 fully saturated rings. The minimum atomic E-state index is -0.348. The summed E-state index contributed by atoms with van der Waals surface area (Å²) in [5.41, 5.74) is 0.444. The lowest BCUT2D eigenvalue weighted by Crippen LogP contribution is -2.30. The van der Waals surface area contributed by atoms with E-state index in [0.29, 0.717) is 5.56 Å². The molecule has 0 unspecified atom stereocenters. The highest BCUT2D eigenvalue weighted by Gasteiger charge is 2.13. The largest absolute Gasteiger partial charge is 0.340 e. The highest BCUT2D eigenvalue weighted by Crippen LogP contribution is 2.09. The molecule has 1 aromatic carbocycles. The van der Waals surface area contributed by atoms with Crippen molar-refractivity contribution in [1.82, 2.24) is 19.7 Å². The number of aromatic nitrogens is 3. The molecule has 2 aromatic rings. The fourth-order valence-electron chi connectivity index (χ4n) is 1.65. The Balaban J connectivity index is 1.99. The molecular formula is C13H12FN5O. The van der Waals surface area contributed by atoms with Gasteiger partial charge < -0.3 is 4.90 Å². The monoisotopic (exact) mass is 273 g/mol. The Morgan fingerprint density at radius 3 is 2.90 bits per heavy atom. The molecule has 0 aliphatic heterocycles. The van der Waals surface area contributed by atoms with E-state index in [2.05, 4.69) is 10.1 Å². The van der Waals surface area contributed by atoms with E-state index in [0.717, 1.165) is 0 Å². The Kier molecular flexibility index (Phi) is 4.05. The maximum atomic E-state index is 13.5. The van der Waals surface area contributed by atoms with Crippen LogP contribution in [0.25, 0.3) is 0 Å². The zero-order valence-electron chi connectivity index (χ0n) is 10.8. The van der Waals surface area contributed by atoms with Gasteiger partial charge in [0.05, 0.1) is 0 Å². The fourth-order valence-corrected chi connectivity index (χ4v) is 1.65. The van der Waals surface area contributed by atoms with Gasteiger partial charge in [-0.3, -0.25) is 4.79 Å². The fraction of sp³-hybridized carbons (Fsp3) is 0.231. The summed E-state index contributed by atoms with van der Waals surface area (Å²) < 4.78 is 14.8. The number of carbonyl (C=O) groups is 1. The average molecular weight is 273 g/mol. The molecule has 0 bridgehead atoms. The van der Waals surface area contributed by atoms with Crippen molar-refractivity contribution in [1.29, 1.82) is 5.26 Å². The molecule has 0 atom stereocenters. The predicted molar refractivity (Wildman–Crippen MR) is 67.6 cm³/mol. The highest BCUT2D eigenvalue weighted by molar-refractivity contribution is 5.75. The third-order valence-corrected chi connectivity index (χ3v) is 2.72. The van der Waals surface area contributed by atoms with E-state index in [1.807, 2.05) is 0 Å². The van der Waals surface area contributed by atoms with Crippen LogP contribution < -0.4 is 0 Å². The molecule has 102 valence electrons. The van der Waals surface area contributed by atoms with Gasteiger partial charge >= 0.3 is 0 Å². The number of nitrogens with zero attached hydrogens (tertiary/aromatic N) is 5. The second-order valence-corrected chi connectivity index (χ2v) is 4.22. The Morgan fingerprint density at radius 1 is 1.50 bits per heavy atom. The minimum Gasteiger partial charge on any atom is -0.340 e. The van der Waals surface area contributed by atoms with Gasteiger partial charge in [0, 0.05) is 19.2 Å². The van der Waals surface area contributed by atoms with Crippen LogP contribution in [0, 0.1) is 17.1 Å². The molecule has 0 N–H and O–H groups in total. The summed E-state index contributed by atoms with van der Waals surface area (Å²) in [5, 5.41) is 12.4. The summed E-state index contributed by atoms with van der Waals surface area (Å²) in [6.07, 6.45) is 1.31. The highest BCUT2D eigenvalue weighted by atomic mass is 19.1. The first-order valence-electron chi connectivity index (χ1n) is 5.87. The number of carbonyl (C=O) groups excluding carboxylic acids is 1. The van der Waals surface area contributed by atoms with Crippen LogP contribution in [0.15, 0.2) is 30.6 Å². The average Bonchev–Trinajstić information content (AvgIpc) is 2.89. The smallest absolute Gasteiger partial charge is 0.252 e. The Morgan fingerprint density at radius 2 is 2.25 bits per heavy atom. The number of rotatable bonds is 4. The van der Waals surface area contributed by atoms with Crippen molar-refractivity contribution >= 4 is 5.91 Å². The molecule has 7 heteroatoms. The standard InChI is InChI=1S/C13H12FN5O/c1-18(7-10-4-2-3-5-11(10)14)13(20)8-19-9-16-12(6-15)17-19/h2-5,9H,7-8H2,1H3. The molecule has 0 aliphatic rings. The van der Waals surface area contributed by atoms with Gasteiger partial charge in [-0.15, -0.1) is 5.10 Å². The van der Waals surface area contributed by atoms with E-state index in [-0.39, 0.29) is 30.6 Å². The topological polar surface area (TPSA) is 74.8 Å². The first-order valence-corrected chi connectivity index (χ1v) is 5.87. The molecular weight excluding hydrogens is 261 g/mol. The summed E-state index contributed by atoms with van der Waals surface area (Å²) in [6, 6.07) is 8.07. The Bertz CT molecular complexity index is 661. The van der Waals surface area contributed by atoms with Crippen molar-refractivity contribution in [2.45, 2.75) is 13.1 Å². The van der Waals surface area contributed by atoms with E-state index < -0.39 is 0 Å².